The van der Waals surface area contributed by atoms with Gasteiger partial charge >= 0.3 is 10.2 Å². The summed E-state index contributed by atoms with van der Waals surface area (Å²) in [5.74, 6) is -0.658. The van der Waals surface area contributed by atoms with Crippen LogP contribution in [0.3, 0.4) is 0 Å². The Morgan fingerprint density at radius 2 is 1.68 bits per heavy atom. The van der Waals surface area contributed by atoms with Crippen LogP contribution < -0.4 is 9.62 Å². The van der Waals surface area contributed by atoms with E-state index in [1.165, 1.54) is 14.1 Å². The SMILES string of the molecule is Cc1ccc(N(CC(=O)N[C@@H](C)C(=O)N2CCCCC2)S(=O)(=O)N(C)C)cc1. The van der Waals surface area contributed by atoms with Crippen molar-refractivity contribution in [3.8, 4) is 0 Å². The van der Waals surface area contributed by atoms with Crippen molar-refractivity contribution >= 4 is 27.7 Å². The number of nitrogens with one attached hydrogen (secondary N) is 1. The normalized spacial score (nSPS) is 16.0. The first-order valence-electron chi connectivity index (χ1n) is 9.48. The molecule has 1 aliphatic heterocycles. The number of piperidine rings is 1. The summed E-state index contributed by atoms with van der Waals surface area (Å²) in [5, 5.41) is 2.64. The Kier molecular flexibility index (Phi) is 7.42. The lowest BCUT2D eigenvalue weighted by molar-refractivity contribution is -0.136. The molecule has 28 heavy (non-hydrogen) atoms. The zero-order valence-electron chi connectivity index (χ0n) is 17.0. The summed E-state index contributed by atoms with van der Waals surface area (Å²) in [6, 6.07) is 6.19. The molecule has 0 radical (unpaired) electrons. The van der Waals surface area contributed by atoms with E-state index in [2.05, 4.69) is 5.32 Å². The van der Waals surface area contributed by atoms with Crippen LogP contribution in [0.5, 0.6) is 0 Å². The summed E-state index contributed by atoms with van der Waals surface area (Å²) < 4.78 is 27.5. The van der Waals surface area contributed by atoms with Crippen LogP contribution in [-0.2, 0) is 19.8 Å². The Bertz CT molecular complexity index is 787. The lowest BCUT2D eigenvalue weighted by Crippen LogP contribution is -2.52. The first kappa shape index (κ1) is 22.2. The highest BCUT2D eigenvalue weighted by Gasteiger charge is 2.29. The third-order valence-electron chi connectivity index (χ3n) is 4.76. The summed E-state index contributed by atoms with van der Waals surface area (Å²) in [4.78, 5) is 26.8. The van der Waals surface area contributed by atoms with Crippen LogP contribution in [0, 0.1) is 6.92 Å². The van der Waals surface area contributed by atoms with E-state index in [0.717, 1.165) is 33.4 Å². The van der Waals surface area contributed by atoms with Gasteiger partial charge in [-0.2, -0.15) is 12.7 Å². The second kappa shape index (κ2) is 9.38. The minimum Gasteiger partial charge on any atom is -0.343 e. The Morgan fingerprint density at radius 1 is 1.11 bits per heavy atom. The summed E-state index contributed by atoms with van der Waals surface area (Å²) in [6.07, 6.45) is 3.04. The van der Waals surface area contributed by atoms with Crippen molar-refractivity contribution in [1.29, 1.82) is 0 Å². The molecule has 2 amide bonds. The maximum absolute atomic E-state index is 12.7. The van der Waals surface area contributed by atoms with Crippen molar-refractivity contribution in [1.82, 2.24) is 14.5 Å². The van der Waals surface area contributed by atoms with E-state index in [1.54, 1.807) is 36.1 Å². The molecular weight excluding hydrogens is 380 g/mol. The predicted octanol–water partition coefficient (Wildman–Crippen LogP) is 1.13. The molecule has 0 bridgehead atoms. The molecule has 1 atom stereocenters. The third-order valence-corrected chi connectivity index (χ3v) is 6.58. The highest BCUT2D eigenvalue weighted by molar-refractivity contribution is 7.90. The molecular formula is C19H30N4O4S. The number of likely N-dealkylation sites (tertiary alicyclic amines) is 1. The number of amides is 2. The molecule has 9 heteroatoms. The standard InChI is InChI=1S/C19H30N4O4S/c1-15-8-10-17(11-9-15)23(28(26,27)21(3)4)14-18(24)20-16(2)19(25)22-12-6-5-7-13-22/h8-11,16H,5-7,12-14H2,1-4H3,(H,20,24)/t16-/m0/s1. The highest BCUT2D eigenvalue weighted by Crippen LogP contribution is 2.20. The van der Waals surface area contributed by atoms with Crippen LogP contribution >= 0.6 is 0 Å². The van der Waals surface area contributed by atoms with E-state index < -0.39 is 28.7 Å². The average Bonchev–Trinajstić information content (AvgIpc) is 2.66. The molecule has 0 spiro atoms. The van der Waals surface area contributed by atoms with Gasteiger partial charge in [0.2, 0.25) is 11.8 Å². The molecule has 1 saturated heterocycles. The molecule has 1 aliphatic rings. The van der Waals surface area contributed by atoms with E-state index in [0.29, 0.717) is 18.8 Å². The number of aryl methyl sites for hydroxylation is 1. The lowest BCUT2D eigenvalue weighted by atomic mass is 10.1. The van der Waals surface area contributed by atoms with E-state index in [9.17, 15) is 18.0 Å². The van der Waals surface area contributed by atoms with E-state index >= 15 is 0 Å². The van der Waals surface area contributed by atoms with Gasteiger partial charge in [-0.1, -0.05) is 17.7 Å². The topological polar surface area (TPSA) is 90.0 Å². The second-order valence-electron chi connectivity index (χ2n) is 7.31. The van der Waals surface area contributed by atoms with Gasteiger partial charge in [0.15, 0.2) is 0 Å². The number of nitrogens with zero attached hydrogens (tertiary/aromatic N) is 3. The first-order chi connectivity index (χ1) is 13.1. The molecule has 0 aliphatic carbocycles. The van der Waals surface area contributed by atoms with Crippen LogP contribution in [-0.4, -0.2) is 69.2 Å². The highest BCUT2D eigenvalue weighted by atomic mass is 32.2. The zero-order valence-corrected chi connectivity index (χ0v) is 17.8. The number of hydrogen-bond acceptors (Lipinski definition) is 4. The Hall–Kier alpha value is -2.13. The molecule has 1 aromatic rings. The van der Waals surface area contributed by atoms with Gasteiger partial charge in [0.1, 0.15) is 12.6 Å². The fourth-order valence-corrected chi connectivity index (χ4v) is 4.14. The largest absolute Gasteiger partial charge is 0.343 e. The van der Waals surface area contributed by atoms with Gasteiger partial charge in [-0.05, 0) is 45.2 Å². The van der Waals surface area contributed by atoms with Crippen LogP contribution in [0.1, 0.15) is 31.7 Å². The number of carbonyl (C=O) groups excluding carboxylic acids is 2. The molecule has 2 rings (SSSR count). The van der Waals surface area contributed by atoms with Crippen LogP contribution in [0.4, 0.5) is 5.69 Å². The van der Waals surface area contributed by atoms with Crippen LogP contribution in [0.25, 0.3) is 0 Å². The second-order valence-corrected chi connectivity index (χ2v) is 9.37. The minimum atomic E-state index is -3.87. The number of benzene rings is 1. The molecule has 1 heterocycles. The summed E-state index contributed by atoms with van der Waals surface area (Å²) in [6.45, 7) is 4.52. The molecule has 0 saturated carbocycles. The van der Waals surface area contributed by atoms with Crippen LogP contribution in [0.2, 0.25) is 0 Å². The average molecular weight is 411 g/mol. The molecule has 1 fully saturated rings. The van der Waals surface area contributed by atoms with E-state index in [1.807, 2.05) is 6.92 Å². The van der Waals surface area contributed by atoms with Crippen molar-refractivity contribution in [2.75, 3.05) is 38.0 Å². The molecule has 0 aromatic heterocycles. The van der Waals surface area contributed by atoms with Crippen molar-refractivity contribution in [3.63, 3.8) is 0 Å². The minimum absolute atomic E-state index is 0.134. The maximum atomic E-state index is 12.7. The van der Waals surface area contributed by atoms with Gasteiger partial charge in [-0.25, -0.2) is 4.31 Å². The summed E-state index contributed by atoms with van der Waals surface area (Å²) in [5.41, 5.74) is 1.38. The molecule has 1 N–H and O–H groups in total. The summed E-state index contributed by atoms with van der Waals surface area (Å²) in [7, 11) is -1.04. The smallest absolute Gasteiger partial charge is 0.304 e. The van der Waals surface area contributed by atoms with Gasteiger partial charge < -0.3 is 10.2 Å². The van der Waals surface area contributed by atoms with E-state index in [-0.39, 0.29) is 5.91 Å². The number of anilines is 1. The quantitative estimate of drug-likeness (QED) is 0.730. The lowest BCUT2D eigenvalue weighted by Gasteiger charge is -2.30. The molecule has 0 unspecified atom stereocenters. The molecule has 156 valence electrons. The van der Waals surface area contributed by atoms with Gasteiger partial charge in [0.25, 0.3) is 0 Å². The van der Waals surface area contributed by atoms with Gasteiger partial charge in [-0.15, -0.1) is 0 Å². The predicted molar refractivity (Wildman–Crippen MR) is 109 cm³/mol. The molecule has 1 aromatic carbocycles. The maximum Gasteiger partial charge on any atom is 0.304 e. The van der Waals surface area contributed by atoms with Gasteiger partial charge in [0.05, 0.1) is 5.69 Å². The number of rotatable bonds is 7. The monoisotopic (exact) mass is 410 g/mol. The van der Waals surface area contributed by atoms with E-state index in [4.69, 9.17) is 0 Å². The first-order valence-corrected chi connectivity index (χ1v) is 10.9. The fourth-order valence-electron chi connectivity index (χ4n) is 3.08. The zero-order chi connectivity index (χ0) is 20.9. The number of carbonyl (C=O) groups is 2. The fraction of sp³-hybridized carbons (Fsp3) is 0.579. The van der Waals surface area contributed by atoms with Crippen LogP contribution in [0.15, 0.2) is 24.3 Å². The Labute approximate surface area is 167 Å². The Balaban J connectivity index is 2.11. The Morgan fingerprint density at radius 3 is 2.21 bits per heavy atom. The van der Waals surface area contributed by atoms with Crippen molar-refractivity contribution < 1.29 is 18.0 Å². The van der Waals surface area contributed by atoms with Crippen molar-refractivity contribution in [2.45, 2.75) is 39.2 Å². The summed E-state index contributed by atoms with van der Waals surface area (Å²) >= 11 is 0. The third kappa shape index (κ3) is 5.45. The number of hydrogen-bond donors (Lipinski definition) is 1. The van der Waals surface area contributed by atoms with Gasteiger partial charge in [-0.3, -0.25) is 9.59 Å². The van der Waals surface area contributed by atoms with Gasteiger partial charge in [0, 0.05) is 27.2 Å². The molecule has 8 nitrogen and oxygen atoms in total. The van der Waals surface area contributed by atoms with Crippen molar-refractivity contribution in [3.05, 3.63) is 29.8 Å². The van der Waals surface area contributed by atoms with Crippen molar-refractivity contribution in [2.24, 2.45) is 0 Å².